The van der Waals surface area contributed by atoms with Crippen molar-refractivity contribution in [1.82, 2.24) is 5.32 Å². The first kappa shape index (κ1) is 17.5. The number of hydrogen-bond donors (Lipinski definition) is 1. The van der Waals surface area contributed by atoms with E-state index in [1.165, 1.54) is 42.7 Å². The lowest BCUT2D eigenvalue weighted by atomic mass is 9.54. The Bertz CT molecular complexity index is 851. The van der Waals surface area contributed by atoms with Crippen LogP contribution in [-0.2, 0) is 16.4 Å². The number of anilines is 1. The van der Waals surface area contributed by atoms with Crippen LogP contribution in [-0.4, -0.2) is 33.2 Å². The highest BCUT2D eigenvalue weighted by Crippen LogP contribution is 2.53. The Labute approximate surface area is 161 Å². The van der Waals surface area contributed by atoms with E-state index in [0.29, 0.717) is 30.0 Å². The molecule has 1 amide bonds. The summed E-state index contributed by atoms with van der Waals surface area (Å²) in [6.45, 7) is 0.519. The Morgan fingerprint density at radius 1 is 1.07 bits per heavy atom. The number of carbonyl (C=O) groups excluding carboxylic acids is 1. The third-order valence-corrected chi connectivity index (χ3v) is 8.52. The highest BCUT2D eigenvalue weighted by atomic mass is 32.2. The molecule has 1 N–H and O–H groups in total. The zero-order valence-electron chi connectivity index (χ0n) is 15.9. The van der Waals surface area contributed by atoms with Crippen LogP contribution in [0.3, 0.4) is 0 Å². The summed E-state index contributed by atoms with van der Waals surface area (Å²) in [7, 11) is -3.27. The van der Waals surface area contributed by atoms with Crippen LogP contribution in [0.15, 0.2) is 18.2 Å². The van der Waals surface area contributed by atoms with Gasteiger partial charge in [-0.15, -0.1) is 0 Å². The molecule has 5 nitrogen and oxygen atoms in total. The molecule has 4 saturated carbocycles. The van der Waals surface area contributed by atoms with Gasteiger partial charge in [0.15, 0.2) is 0 Å². The molecule has 0 radical (unpaired) electrons. The van der Waals surface area contributed by atoms with Crippen molar-refractivity contribution in [3.05, 3.63) is 29.3 Å². The molecule has 4 fully saturated rings. The molecule has 0 unspecified atom stereocenters. The van der Waals surface area contributed by atoms with E-state index in [0.717, 1.165) is 35.9 Å². The first-order valence-electron chi connectivity index (χ1n) is 10.3. The summed E-state index contributed by atoms with van der Waals surface area (Å²) in [4.78, 5) is 13.0. The molecule has 0 spiro atoms. The summed E-state index contributed by atoms with van der Waals surface area (Å²) in [5.41, 5.74) is 2.36. The van der Waals surface area contributed by atoms with E-state index in [9.17, 15) is 13.2 Å². The molecule has 0 saturated heterocycles. The molecule has 6 heteroatoms. The molecule has 146 valence electrons. The standard InChI is InChI=1S/C21H28N2O3S/c1-27(25,26)23-6-2-3-15-12-16(4-5-19(15)23)21(24)22-20-17-8-13-7-14(10-17)11-18(20)9-13/h4-5,12-14,17-18,20H,2-3,6-11H2,1H3,(H,22,24). The summed E-state index contributed by atoms with van der Waals surface area (Å²) >= 11 is 0. The van der Waals surface area contributed by atoms with Gasteiger partial charge in [-0.3, -0.25) is 9.10 Å². The number of nitrogens with zero attached hydrogens (tertiary/aromatic N) is 1. The van der Waals surface area contributed by atoms with Crippen LogP contribution in [0.5, 0.6) is 0 Å². The van der Waals surface area contributed by atoms with Crippen LogP contribution >= 0.6 is 0 Å². The first-order chi connectivity index (χ1) is 12.9. The summed E-state index contributed by atoms with van der Waals surface area (Å²) in [5, 5.41) is 3.36. The minimum atomic E-state index is -3.27. The lowest BCUT2D eigenvalue weighted by Gasteiger charge is -2.54. The third kappa shape index (κ3) is 3.06. The zero-order valence-corrected chi connectivity index (χ0v) is 16.7. The second kappa shape index (κ2) is 6.23. The molecule has 27 heavy (non-hydrogen) atoms. The molecule has 5 aliphatic rings. The number of rotatable bonds is 3. The zero-order chi connectivity index (χ0) is 18.8. The predicted molar refractivity (Wildman–Crippen MR) is 105 cm³/mol. The Kier molecular flexibility index (Phi) is 4.04. The smallest absolute Gasteiger partial charge is 0.251 e. The van der Waals surface area contributed by atoms with E-state index < -0.39 is 10.0 Å². The van der Waals surface area contributed by atoms with Gasteiger partial charge in [-0.05, 0) is 92.4 Å². The maximum atomic E-state index is 13.0. The normalized spacial score (nSPS) is 34.4. The molecule has 1 aliphatic heterocycles. The SMILES string of the molecule is CS(=O)(=O)N1CCCc2cc(C(=O)NC3C4CC5CC(C4)CC3C5)ccc21. The van der Waals surface area contributed by atoms with Crippen molar-refractivity contribution in [1.29, 1.82) is 0 Å². The number of amides is 1. The van der Waals surface area contributed by atoms with Gasteiger partial charge in [0, 0.05) is 18.2 Å². The topological polar surface area (TPSA) is 66.5 Å². The van der Waals surface area contributed by atoms with Gasteiger partial charge < -0.3 is 5.32 Å². The third-order valence-electron chi connectivity index (χ3n) is 7.34. The number of sulfonamides is 1. The number of fused-ring (bicyclic) bond motifs is 1. The fourth-order valence-corrected chi connectivity index (χ4v) is 7.44. The van der Waals surface area contributed by atoms with Crippen molar-refractivity contribution in [3.63, 3.8) is 0 Å². The van der Waals surface area contributed by atoms with Crippen LogP contribution in [0.1, 0.15) is 54.4 Å². The number of aryl methyl sites for hydroxylation is 1. The van der Waals surface area contributed by atoms with Crippen molar-refractivity contribution in [2.75, 3.05) is 17.1 Å². The van der Waals surface area contributed by atoms with Gasteiger partial charge in [-0.2, -0.15) is 0 Å². The number of carbonyl (C=O) groups is 1. The van der Waals surface area contributed by atoms with E-state index in [-0.39, 0.29) is 5.91 Å². The fraction of sp³-hybridized carbons (Fsp3) is 0.667. The molecule has 1 aromatic carbocycles. The van der Waals surface area contributed by atoms with Crippen molar-refractivity contribution in [2.24, 2.45) is 23.7 Å². The van der Waals surface area contributed by atoms with E-state index in [4.69, 9.17) is 0 Å². The van der Waals surface area contributed by atoms with Crippen molar-refractivity contribution in [3.8, 4) is 0 Å². The Hall–Kier alpha value is -1.56. The lowest BCUT2D eigenvalue weighted by molar-refractivity contribution is -0.0119. The maximum absolute atomic E-state index is 13.0. The molecule has 1 aromatic rings. The maximum Gasteiger partial charge on any atom is 0.251 e. The quantitative estimate of drug-likeness (QED) is 0.866. The number of benzene rings is 1. The van der Waals surface area contributed by atoms with Crippen molar-refractivity contribution < 1.29 is 13.2 Å². The first-order valence-corrected chi connectivity index (χ1v) is 12.1. The van der Waals surface area contributed by atoms with Crippen LogP contribution in [0, 0.1) is 23.7 Å². The summed E-state index contributed by atoms with van der Waals surface area (Å²) in [6.07, 6.45) is 9.40. The Morgan fingerprint density at radius 3 is 2.37 bits per heavy atom. The molecule has 6 rings (SSSR count). The molecule has 4 aliphatic carbocycles. The molecular weight excluding hydrogens is 360 g/mol. The Balaban J connectivity index is 1.36. The van der Waals surface area contributed by atoms with Gasteiger partial charge in [-0.25, -0.2) is 8.42 Å². The summed E-state index contributed by atoms with van der Waals surface area (Å²) in [5.74, 6) is 3.11. The minimum Gasteiger partial charge on any atom is -0.349 e. The monoisotopic (exact) mass is 388 g/mol. The number of hydrogen-bond acceptors (Lipinski definition) is 3. The average molecular weight is 389 g/mol. The van der Waals surface area contributed by atoms with Gasteiger partial charge >= 0.3 is 0 Å². The van der Waals surface area contributed by atoms with Crippen LogP contribution in [0.2, 0.25) is 0 Å². The van der Waals surface area contributed by atoms with Crippen LogP contribution < -0.4 is 9.62 Å². The van der Waals surface area contributed by atoms with Gasteiger partial charge in [0.05, 0.1) is 11.9 Å². The largest absolute Gasteiger partial charge is 0.349 e. The van der Waals surface area contributed by atoms with E-state index in [2.05, 4.69) is 5.32 Å². The minimum absolute atomic E-state index is 0.00625. The summed E-state index contributed by atoms with van der Waals surface area (Å²) < 4.78 is 25.5. The molecule has 4 bridgehead atoms. The van der Waals surface area contributed by atoms with Crippen LogP contribution in [0.4, 0.5) is 5.69 Å². The van der Waals surface area contributed by atoms with E-state index in [1.54, 1.807) is 12.1 Å². The molecule has 0 atom stereocenters. The van der Waals surface area contributed by atoms with Crippen molar-refractivity contribution in [2.45, 2.75) is 51.0 Å². The second-order valence-corrected chi connectivity index (χ2v) is 11.1. The van der Waals surface area contributed by atoms with Gasteiger partial charge in [0.25, 0.3) is 5.91 Å². The van der Waals surface area contributed by atoms with Gasteiger partial charge in [0.1, 0.15) is 0 Å². The molecule has 1 heterocycles. The number of nitrogens with one attached hydrogen (secondary N) is 1. The lowest BCUT2D eigenvalue weighted by Crippen LogP contribution is -2.55. The van der Waals surface area contributed by atoms with Crippen LogP contribution in [0.25, 0.3) is 0 Å². The fourth-order valence-electron chi connectivity index (χ4n) is 6.44. The summed E-state index contributed by atoms with van der Waals surface area (Å²) in [6, 6.07) is 5.82. The molecular formula is C21H28N2O3S. The van der Waals surface area contributed by atoms with Crippen molar-refractivity contribution >= 4 is 21.6 Å². The highest BCUT2D eigenvalue weighted by molar-refractivity contribution is 7.92. The highest BCUT2D eigenvalue weighted by Gasteiger charge is 2.48. The predicted octanol–water partition coefficient (Wildman–Crippen LogP) is 2.95. The van der Waals surface area contributed by atoms with Gasteiger partial charge in [-0.1, -0.05) is 0 Å². The van der Waals surface area contributed by atoms with E-state index >= 15 is 0 Å². The van der Waals surface area contributed by atoms with E-state index in [1.807, 2.05) is 6.07 Å². The Morgan fingerprint density at radius 2 is 1.74 bits per heavy atom. The van der Waals surface area contributed by atoms with Gasteiger partial charge in [0.2, 0.25) is 10.0 Å². The second-order valence-electron chi connectivity index (χ2n) is 9.21. The average Bonchev–Trinajstić information content (AvgIpc) is 2.62. The molecule has 0 aromatic heterocycles.